The monoisotopic (exact) mass is 555 g/mol. The first-order chi connectivity index (χ1) is 18.1. The van der Waals surface area contributed by atoms with E-state index in [1.165, 1.54) is 24.5 Å². The van der Waals surface area contributed by atoms with Crippen molar-refractivity contribution in [2.75, 3.05) is 5.32 Å². The summed E-state index contributed by atoms with van der Waals surface area (Å²) in [5.74, 6) is -0.599. The molecule has 11 heteroatoms. The molecule has 0 spiro atoms. The Kier molecular flexibility index (Phi) is 6.97. The Morgan fingerprint density at radius 1 is 1.29 bits per heavy atom. The second-order valence-electron chi connectivity index (χ2n) is 9.72. The average Bonchev–Trinajstić information content (AvgIpc) is 3.25. The summed E-state index contributed by atoms with van der Waals surface area (Å²) < 4.78 is 43.2. The summed E-state index contributed by atoms with van der Waals surface area (Å²) >= 11 is 6.22. The molecule has 198 valence electrons. The molecule has 3 heterocycles. The van der Waals surface area contributed by atoms with Crippen LogP contribution in [-0.2, 0) is 10.0 Å². The molecule has 1 saturated carbocycles. The Bertz CT molecular complexity index is 1620. The number of pyridine rings is 1. The molecular weight excluding hydrogens is 529 g/mol. The maximum Gasteiger partial charge on any atom is 0.269 e. The minimum Gasteiger partial charge on any atom is -0.393 e. The van der Waals surface area contributed by atoms with Crippen LogP contribution in [0.2, 0.25) is 5.02 Å². The van der Waals surface area contributed by atoms with Gasteiger partial charge in [0.1, 0.15) is 0 Å². The van der Waals surface area contributed by atoms with Gasteiger partial charge in [-0.1, -0.05) is 35.4 Å². The highest BCUT2D eigenvalue weighted by Crippen LogP contribution is 2.37. The molecule has 5 rings (SSSR count). The number of aromatic nitrogens is 4. The van der Waals surface area contributed by atoms with Crippen molar-refractivity contribution >= 4 is 38.5 Å². The number of aliphatic hydroxyl groups is 1. The third-order valence-electron chi connectivity index (χ3n) is 6.88. The molecule has 1 aromatic carbocycles. The fraction of sp³-hybridized carbons (Fsp3) is 0.296. The molecule has 4 aromatic rings. The molecule has 0 bridgehead atoms. The number of halogens is 2. The van der Waals surface area contributed by atoms with Crippen molar-refractivity contribution in [2.24, 2.45) is 0 Å². The lowest BCUT2D eigenvalue weighted by Gasteiger charge is -2.40. The van der Waals surface area contributed by atoms with Crippen LogP contribution in [0.4, 0.5) is 10.2 Å². The number of hydrogen-bond acceptors (Lipinski definition) is 7. The molecule has 2 N–H and O–H groups in total. The van der Waals surface area contributed by atoms with Gasteiger partial charge in [0.25, 0.3) is 10.0 Å². The van der Waals surface area contributed by atoms with E-state index in [9.17, 15) is 17.9 Å². The van der Waals surface area contributed by atoms with E-state index < -0.39 is 27.5 Å². The van der Waals surface area contributed by atoms with E-state index in [1.54, 1.807) is 24.3 Å². The summed E-state index contributed by atoms with van der Waals surface area (Å²) in [7, 11) is -4.02. The lowest BCUT2D eigenvalue weighted by atomic mass is 9.78. The molecule has 8 nitrogen and oxygen atoms in total. The molecular formula is C27H27ClFN5O3S. The van der Waals surface area contributed by atoms with Crippen LogP contribution in [0.5, 0.6) is 0 Å². The maximum atomic E-state index is 15.0. The number of fused-ring (bicyclic) bond motifs is 1. The van der Waals surface area contributed by atoms with Gasteiger partial charge in [0.05, 0.1) is 22.2 Å². The first-order valence-electron chi connectivity index (χ1n) is 12.2. The quantitative estimate of drug-likeness (QED) is 0.290. The second kappa shape index (κ2) is 10.1. The molecule has 0 saturated heterocycles. The van der Waals surface area contributed by atoms with Crippen molar-refractivity contribution in [3.05, 3.63) is 78.0 Å². The molecule has 3 aromatic heterocycles. The molecule has 1 aliphatic carbocycles. The van der Waals surface area contributed by atoms with Crippen LogP contribution >= 0.6 is 11.6 Å². The third kappa shape index (κ3) is 4.91. The predicted octanol–water partition coefficient (Wildman–Crippen LogP) is 5.49. The molecule has 1 fully saturated rings. The zero-order valence-electron chi connectivity index (χ0n) is 20.7. The highest BCUT2D eigenvalue weighted by molar-refractivity contribution is 7.90. The maximum absolute atomic E-state index is 15.0. The van der Waals surface area contributed by atoms with Crippen molar-refractivity contribution in [1.29, 1.82) is 0 Å². The summed E-state index contributed by atoms with van der Waals surface area (Å²) in [5, 5.41) is 14.2. The minimum absolute atomic E-state index is 0.0387. The van der Waals surface area contributed by atoms with E-state index in [0.29, 0.717) is 41.7 Å². The average molecular weight is 556 g/mol. The van der Waals surface area contributed by atoms with Crippen LogP contribution in [0.25, 0.3) is 22.4 Å². The van der Waals surface area contributed by atoms with Crippen molar-refractivity contribution < 1.29 is 17.9 Å². The molecule has 0 amide bonds. The van der Waals surface area contributed by atoms with Gasteiger partial charge in [-0.15, -0.1) is 6.58 Å². The Morgan fingerprint density at radius 3 is 2.76 bits per heavy atom. The van der Waals surface area contributed by atoms with E-state index in [2.05, 4.69) is 26.8 Å². The smallest absolute Gasteiger partial charge is 0.269 e. The number of nitrogens with zero attached hydrogens (tertiary/aromatic N) is 4. The number of rotatable bonds is 7. The SMILES string of the molecule is C=CC[C@]1(Nc2nc(-c3cn(S(=O)(=O)c4ccc(C)cc4)c4ncc(Cl)cc34)ncc2F)CCC[C@H](O)C1. The van der Waals surface area contributed by atoms with Gasteiger partial charge in [-0.25, -0.2) is 31.7 Å². The van der Waals surface area contributed by atoms with Crippen LogP contribution in [0.3, 0.4) is 0 Å². The number of nitrogens with one attached hydrogen (secondary N) is 1. The highest BCUT2D eigenvalue weighted by Gasteiger charge is 2.36. The van der Waals surface area contributed by atoms with Crippen LogP contribution in [-0.4, -0.2) is 44.1 Å². The van der Waals surface area contributed by atoms with E-state index in [4.69, 9.17) is 11.6 Å². The number of hydrogen-bond donors (Lipinski definition) is 2. The summed E-state index contributed by atoms with van der Waals surface area (Å²) in [4.78, 5) is 13.0. The van der Waals surface area contributed by atoms with Crippen molar-refractivity contribution in [3.63, 3.8) is 0 Å². The lowest BCUT2D eigenvalue weighted by molar-refractivity contribution is 0.0951. The van der Waals surface area contributed by atoms with Crippen molar-refractivity contribution in [2.45, 2.75) is 55.6 Å². The van der Waals surface area contributed by atoms with Crippen LogP contribution in [0, 0.1) is 12.7 Å². The van der Waals surface area contributed by atoms with Crippen molar-refractivity contribution in [1.82, 2.24) is 18.9 Å². The molecule has 1 aliphatic rings. The summed E-state index contributed by atoms with van der Waals surface area (Å²) in [6.45, 7) is 5.69. The second-order valence-corrected chi connectivity index (χ2v) is 12.0. The summed E-state index contributed by atoms with van der Waals surface area (Å²) in [5.41, 5.74) is 0.784. The normalized spacial score (nSPS) is 19.9. The van der Waals surface area contributed by atoms with Crippen LogP contribution in [0.1, 0.15) is 37.7 Å². The van der Waals surface area contributed by atoms with Gasteiger partial charge < -0.3 is 10.4 Å². The highest BCUT2D eigenvalue weighted by atomic mass is 35.5. The van der Waals surface area contributed by atoms with E-state index in [1.807, 2.05) is 6.92 Å². The number of aryl methyl sites for hydroxylation is 1. The Balaban J connectivity index is 1.63. The Labute approximate surface area is 225 Å². The van der Waals surface area contributed by atoms with Gasteiger partial charge in [0.15, 0.2) is 23.1 Å². The summed E-state index contributed by atoms with van der Waals surface area (Å²) in [6, 6.07) is 8.06. The number of aliphatic hydroxyl groups excluding tert-OH is 1. The van der Waals surface area contributed by atoms with Crippen molar-refractivity contribution in [3.8, 4) is 11.4 Å². The van der Waals surface area contributed by atoms with Gasteiger partial charge >= 0.3 is 0 Å². The van der Waals surface area contributed by atoms with Gasteiger partial charge in [-0.2, -0.15) is 0 Å². The zero-order chi connectivity index (χ0) is 27.1. The first kappa shape index (κ1) is 26.3. The largest absolute Gasteiger partial charge is 0.393 e. The van der Waals surface area contributed by atoms with Crippen LogP contribution in [0.15, 0.2) is 66.5 Å². The topological polar surface area (TPSA) is 110 Å². The zero-order valence-corrected chi connectivity index (χ0v) is 22.3. The fourth-order valence-electron chi connectivity index (χ4n) is 5.03. The van der Waals surface area contributed by atoms with Crippen LogP contribution < -0.4 is 5.32 Å². The third-order valence-corrected chi connectivity index (χ3v) is 8.75. The Morgan fingerprint density at radius 2 is 2.05 bits per heavy atom. The molecule has 0 unspecified atom stereocenters. The molecule has 38 heavy (non-hydrogen) atoms. The van der Waals surface area contributed by atoms with Gasteiger partial charge in [0, 0.05) is 28.9 Å². The van der Waals surface area contributed by atoms with E-state index >= 15 is 0 Å². The Hall–Kier alpha value is -3.34. The van der Waals surface area contributed by atoms with Gasteiger partial charge in [-0.3, -0.25) is 0 Å². The standard InChI is InChI=1S/C27H27ClFN5O3S/c1-3-10-27(11-4-5-19(35)13-27)33-25-23(29)15-30-24(32-25)22-16-34(26-21(22)12-18(28)14-31-26)38(36,37)20-8-6-17(2)7-9-20/h3,6-9,12,14-16,19,35H,1,4-5,10-11,13H2,2H3,(H,30,32,33)/t19-,27-/m0/s1. The number of benzene rings is 1. The van der Waals surface area contributed by atoms with Gasteiger partial charge in [0.2, 0.25) is 0 Å². The molecule has 2 atom stereocenters. The number of anilines is 1. The molecule has 0 radical (unpaired) electrons. The predicted molar refractivity (Wildman–Crippen MR) is 145 cm³/mol. The van der Waals surface area contributed by atoms with Gasteiger partial charge in [-0.05, 0) is 57.2 Å². The molecule has 0 aliphatic heterocycles. The van der Waals surface area contributed by atoms with E-state index in [-0.39, 0.29) is 22.2 Å². The minimum atomic E-state index is -4.02. The van der Waals surface area contributed by atoms with E-state index in [0.717, 1.165) is 22.2 Å². The summed E-state index contributed by atoms with van der Waals surface area (Å²) in [6.07, 6.45) is 8.11. The first-order valence-corrected chi connectivity index (χ1v) is 14.0. The lowest BCUT2D eigenvalue weighted by Crippen LogP contribution is -2.44. The fourth-order valence-corrected chi connectivity index (χ4v) is 6.51.